The molecule has 0 unspecified atom stereocenters. The van der Waals surface area contributed by atoms with Gasteiger partial charge in [-0.15, -0.1) is 0 Å². The largest absolute Gasteiger partial charge is 0.346 e. The molecule has 1 aromatic carbocycles. The summed E-state index contributed by atoms with van der Waals surface area (Å²) in [5.41, 5.74) is 3.73. The maximum Gasteiger partial charge on any atom is 0.266 e. The van der Waals surface area contributed by atoms with E-state index in [2.05, 4.69) is 40.3 Å². The Bertz CT molecular complexity index is 1110. The van der Waals surface area contributed by atoms with Gasteiger partial charge in [-0.05, 0) is 37.3 Å². The van der Waals surface area contributed by atoms with E-state index in [-0.39, 0.29) is 17.9 Å². The highest BCUT2D eigenvalue weighted by Gasteiger charge is 2.29. The van der Waals surface area contributed by atoms with Crippen LogP contribution in [-0.2, 0) is 16.6 Å². The van der Waals surface area contributed by atoms with Gasteiger partial charge in [0, 0.05) is 35.7 Å². The minimum atomic E-state index is -1.82. The van der Waals surface area contributed by atoms with Crippen molar-refractivity contribution in [3.8, 4) is 11.3 Å². The molecule has 0 saturated heterocycles. The van der Waals surface area contributed by atoms with Gasteiger partial charge in [0.1, 0.15) is 12.1 Å². The third kappa shape index (κ3) is 4.79. The standard InChI is InChI=1S/C23H29N5O4/c1-13(2)21-17-10-14(7-8-18(17)27-28(21)3)19-11-20(25-12-24-19)26-22(29)15-5-4-6-16(9-15)32-23(30)31/h7-8,10-13,15-16,23,30-31H,4-6,9H2,1-3H3,(H,24,25,26,29)/t15-,16+/m1/s1. The summed E-state index contributed by atoms with van der Waals surface area (Å²) in [5, 5.41) is 26.6. The summed E-state index contributed by atoms with van der Waals surface area (Å²) in [6.07, 6.45) is 3.75. The van der Waals surface area contributed by atoms with Crippen molar-refractivity contribution in [1.29, 1.82) is 0 Å². The molecule has 32 heavy (non-hydrogen) atoms. The third-order valence-electron chi connectivity index (χ3n) is 5.95. The smallest absolute Gasteiger partial charge is 0.266 e. The summed E-state index contributed by atoms with van der Waals surface area (Å²) in [4.78, 5) is 21.4. The zero-order chi connectivity index (χ0) is 22.8. The fourth-order valence-corrected chi connectivity index (χ4v) is 4.55. The number of carbonyl (C=O) groups excluding carboxylic acids is 1. The Labute approximate surface area is 186 Å². The lowest BCUT2D eigenvalue weighted by molar-refractivity contribution is -0.261. The molecule has 4 rings (SSSR count). The number of ether oxygens (including phenoxy) is 1. The van der Waals surface area contributed by atoms with Crippen LogP contribution >= 0.6 is 0 Å². The van der Waals surface area contributed by atoms with Crippen LogP contribution in [0.5, 0.6) is 0 Å². The molecule has 2 aromatic heterocycles. The SMILES string of the molecule is CC(C)c1c2cc(-c3cc(NC(=O)[C@@H]4CCC[C@H](OC(O)O)C4)ncn3)ccc2nn1C. The van der Waals surface area contributed by atoms with Crippen LogP contribution in [0, 0.1) is 5.92 Å². The van der Waals surface area contributed by atoms with Crippen molar-refractivity contribution in [2.45, 2.75) is 58.0 Å². The van der Waals surface area contributed by atoms with Gasteiger partial charge in [0.2, 0.25) is 5.91 Å². The van der Waals surface area contributed by atoms with Gasteiger partial charge >= 0.3 is 0 Å². The van der Waals surface area contributed by atoms with Crippen molar-refractivity contribution in [2.24, 2.45) is 13.0 Å². The van der Waals surface area contributed by atoms with Crippen molar-refractivity contribution in [3.05, 3.63) is 36.3 Å². The second-order valence-electron chi connectivity index (χ2n) is 8.62. The van der Waals surface area contributed by atoms with Crippen molar-refractivity contribution < 1.29 is 19.7 Å². The topological polar surface area (TPSA) is 122 Å². The number of aliphatic hydroxyl groups excluding tert-OH is 1. The van der Waals surface area contributed by atoms with Crippen LogP contribution in [0.1, 0.15) is 51.1 Å². The number of nitrogens with zero attached hydrogens (tertiary/aromatic N) is 4. The van der Waals surface area contributed by atoms with Crippen molar-refractivity contribution in [3.63, 3.8) is 0 Å². The summed E-state index contributed by atoms with van der Waals surface area (Å²) >= 11 is 0. The first kappa shape index (κ1) is 22.3. The molecular weight excluding hydrogens is 410 g/mol. The van der Waals surface area contributed by atoms with Gasteiger partial charge in [-0.25, -0.2) is 9.97 Å². The molecule has 1 saturated carbocycles. The molecule has 9 heteroatoms. The molecule has 3 N–H and O–H groups in total. The van der Waals surface area contributed by atoms with Crippen LogP contribution in [0.2, 0.25) is 0 Å². The number of carbonyl (C=O) groups is 1. The number of nitrogens with one attached hydrogen (secondary N) is 1. The molecule has 1 aliphatic rings. The summed E-state index contributed by atoms with van der Waals surface area (Å²) in [5.74, 6) is 0.336. The Morgan fingerprint density at radius 3 is 2.78 bits per heavy atom. The first-order valence-corrected chi connectivity index (χ1v) is 10.9. The van der Waals surface area contributed by atoms with Crippen molar-refractivity contribution in [1.82, 2.24) is 19.7 Å². The van der Waals surface area contributed by atoms with E-state index in [0.717, 1.165) is 35.0 Å². The van der Waals surface area contributed by atoms with Crippen LogP contribution in [0.25, 0.3) is 22.2 Å². The highest BCUT2D eigenvalue weighted by Crippen LogP contribution is 2.30. The first-order valence-electron chi connectivity index (χ1n) is 10.9. The predicted molar refractivity (Wildman–Crippen MR) is 120 cm³/mol. The molecule has 0 spiro atoms. The van der Waals surface area contributed by atoms with E-state index in [1.54, 1.807) is 6.07 Å². The summed E-state index contributed by atoms with van der Waals surface area (Å²) in [6, 6.07) is 7.79. The second-order valence-corrected chi connectivity index (χ2v) is 8.62. The molecule has 1 amide bonds. The molecule has 0 bridgehead atoms. The lowest BCUT2D eigenvalue weighted by atomic mass is 9.86. The monoisotopic (exact) mass is 439 g/mol. The van der Waals surface area contributed by atoms with Gasteiger partial charge < -0.3 is 20.3 Å². The normalized spacial score (nSPS) is 19.1. The molecule has 2 heterocycles. The van der Waals surface area contributed by atoms with Gasteiger partial charge in [0.25, 0.3) is 6.48 Å². The van der Waals surface area contributed by atoms with Crippen LogP contribution in [0.15, 0.2) is 30.6 Å². The van der Waals surface area contributed by atoms with E-state index in [4.69, 9.17) is 14.9 Å². The van der Waals surface area contributed by atoms with E-state index in [9.17, 15) is 4.79 Å². The minimum Gasteiger partial charge on any atom is -0.346 e. The van der Waals surface area contributed by atoms with E-state index < -0.39 is 6.48 Å². The molecule has 170 valence electrons. The third-order valence-corrected chi connectivity index (χ3v) is 5.95. The van der Waals surface area contributed by atoms with Gasteiger partial charge in [-0.1, -0.05) is 26.3 Å². The zero-order valence-electron chi connectivity index (χ0n) is 18.5. The Morgan fingerprint density at radius 2 is 2.03 bits per heavy atom. The van der Waals surface area contributed by atoms with Gasteiger partial charge in [-0.3, -0.25) is 9.48 Å². The number of aromatic nitrogens is 4. The average Bonchev–Trinajstić information content (AvgIpc) is 3.08. The molecule has 2 atom stereocenters. The quantitative estimate of drug-likeness (QED) is 0.505. The number of anilines is 1. The number of rotatable bonds is 6. The number of benzene rings is 1. The van der Waals surface area contributed by atoms with E-state index in [0.29, 0.717) is 30.3 Å². The lowest BCUT2D eigenvalue weighted by Crippen LogP contribution is -2.33. The van der Waals surface area contributed by atoms with Crippen LogP contribution in [0.4, 0.5) is 5.82 Å². The van der Waals surface area contributed by atoms with Crippen molar-refractivity contribution >= 4 is 22.6 Å². The van der Waals surface area contributed by atoms with Gasteiger partial charge in [0.15, 0.2) is 0 Å². The van der Waals surface area contributed by atoms with Crippen LogP contribution in [-0.4, -0.2) is 48.4 Å². The Balaban J connectivity index is 1.52. The average molecular weight is 440 g/mol. The number of aliphatic hydroxyl groups is 2. The number of hydrogen-bond acceptors (Lipinski definition) is 7. The summed E-state index contributed by atoms with van der Waals surface area (Å²) in [7, 11) is 1.95. The highest BCUT2D eigenvalue weighted by atomic mass is 16.7. The maximum absolute atomic E-state index is 12.8. The maximum atomic E-state index is 12.8. The number of fused-ring (bicyclic) bond motifs is 1. The van der Waals surface area contributed by atoms with E-state index in [1.807, 2.05) is 23.9 Å². The molecule has 0 aliphatic heterocycles. The Morgan fingerprint density at radius 1 is 1.22 bits per heavy atom. The molecule has 9 nitrogen and oxygen atoms in total. The summed E-state index contributed by atoms with van der Waals surface area (Å²) < 4.78 is 6.98. The highest BCUT2D eigenvalue weighted by molar-refractivity contribution is 5.92. The molecule has 1 aliphatic carbocycles. The minimum absolute atomic E-state index is 0.153. The molecule has 0 radical (unpaired) electrons. The zero-order valence-corrected chi connectivity index (χ0v) is 18.5. The van der Waals surface area contributed by atoms with Gasteiger partial charge in [0.05, 0.1) is 17.3 Å². The van der Waals surface area contributed by atoms with E-state index in [1.165, 1.54) is 6.33 Å². The van der Waals surface area contributed by atoms with Crippen LogP contribution < -0.4 is 5.32 Å². The fraction of sp³-hybridized carbons (Fsp3) is 0.478. The Kier molecular flexibility index (Phi) is 6.50. The van der Waals surface area contributed by atoms with Crippen molar-refractivity contribution in [2.75, 3.05) is 5.32 Å². The first-order chi connectivity index (χ1) is 15.3. The second kappa shape index (κ2) is 9.32. The number of hydrogen-bond donors (Lipinski definition) is 3. The molecule has 1 fully saturated rings. The number of amides is 1. The molecular formula is C23H29N5O4. The predicted octanol–water partition coefficient (Wildman–Crippen LogP) is 2.94. The molecule has 3 aromatic rings. The van der Waals surface area contributed by atoms with Crippen LogP contribution in [0.3, 0.4) is 0 Å². The fourth-order valence-electron chi connectivity index (χ4n) is 4.55. The van der Waals surface area contributed by atoms with Gasteiger partial charge in [-0.2, -0.15) is 5.10 Å². The van der Waals surface area contributed by atoms with E-state index >= 15 is 0 Å². The lowest BCUT2D eigenvalue weighted by Gasteiger charge is -2.28. The Hall–Kier alpha value is -2.88. The number of aryl methyl sites for hydroxylation is 1. The summed E-state index contributed by atoms with van der Waals surface area (Å²) in [6.45, 7) is 2.47.